The molecule has 0 radical (unpaired) electrons. The molecule has 3 nitrogen and oxygen atoms in total. The van der Waals surface area contributed by atoms with Crippen LogP contribution in [0, 0.1) is 0 Å². The van der Waals surface area contributed by atoms with Gasteiger partial charge in [0.15, 0.2) is 0 Å². The number of H-pyrrole nitrogens is 1. The maximum absolute atomic E-state index is 5.96. The maximum Gasteiger partial charge on any atom is 0.0620 e. The number of benzene rings is 1. The predicted octanol–water partition coefficient (Wildman–Crippen LogP) is 2.70. The van der Waals surface area contributed by atoms with Crippen molar-refractivity contribution in [1.82, 2.24) is 10.3 Å². The van der Waals surface area contributed by atoms with E-state index in [1.54, 1.807) is 0 Å². The van der Waals surface area contributed by atoms with Crippen LogP contribution in [0.25, 0.3) is 10.9 Å². The standard InChI is InChI=1S/C13H15ClN2O/c14-10-1-2-12-9(7-16-13(12)5-10)6-15-11-3-4-17-8-11/h1-2,5,7,11,15-16H,3-4,6,8H2. The van der Waals surface area contributed by atoms with Crippen LogP contribution in [0.2, 0.25) is 5.02 Å². The highest BCUT2D eigenvalue weighted by molar-refractivity contribution is 6.31. The van der Waals surface area contributed by atoms with Crippen molar-refractivity contribution in [2.45, 2.75) is 19.0 Å². The summed E-state index contributed by atoms with van der Waals surface area (Å²) < 4.78 is 5.34. The third-order valence-corrected chi connectivity index (χ3v) is 3.48. The average Bonchev–Trinajstić information content (AvgIpc) is 2.94. The van der Waals surface area contributed by atoms with Crippen molar-refractivity contribution in [3.8, 4) is 0 Å². The number of ether oxygens (including phenoxy) is 1. The van der Waals surface area contributed by atoms with Crippen molar-refractivity contribution in [3.63, 3.8) is 0 Å². The molecule has 0 bridgehead atoms. The first kappa shape index (κ1) is 11.1. The van der Waals surface area contributed by atoms with Gasteiger partial charge < -0.3 is 15.0 Å². The normalized spacial score (nSPS) is 20.2. The zero-order valence-corrected chi connectivity index (χ0v) is 10.3. The molecule has 1 atom stereocenters. The zero-order valence-electron chi connectivity index (χ0n) is 9.50. The van der Waals surface area contributed by atoms with E-state index in [1.807, 2.05) is 18.3 Å². The first-order valence-electron chi connectivity index (χ1n) is 5.89. The lowest BCUT2D eigenvalue weighted by atomic mass is 10.1. The van der Waals surface area contributed by atoms with Crippen molar-refractivity contribution in [3.05, 3.63) is 35.0 Å². The minimum atomic E-state index is 0.493. The number of rotatable bonds is 3. The topological polar surface area (TPSA) is 37.0 Å². The molecule has 17 heavy (non-hydrogen) atoms. The fourth-order valence-electron chi connectivity index (χ4n) is 2.25. The minimum Gasteiger partial charge on any atom is -0.380 e. The monoisotopic (exact) mass is 250 g/mol. The quantitative estimate of drug-likeness (QED) is 0.879. The Labute approximate surface area is 105 Å². The summed E-state index contributed by atoms with van der Waals surface area (Å²) in [6.45, 7) is 2.57. The highest BCUT2D eigenvalue weighted by Crippen LogP contribution is 2.22. The summed E-state index contributed by atoms with van der Waals surface area (Å²) >= 11 is 5.96. The van der Waals surface area contributed by atoms with Gasteiger partial charge in [-0.25, -0.2) is 0 Å². The predicted molar refractivity (Wildman–Crippen MR) is 69.4 cm³/mol. The Morgan fingerprint density at radius 3 is 3.24 bits per heavy atom. The summed E-state index contributed by atoms with van der Waals surface area (Å²) in [6, 6.07) is 6.45. The summed E-state index contributed by atoms with van der Waals surface area (Å²) in [4.78, 5) is 3.25. The average molecular weight is 251 g/mol. The number of halogens is 1. The summed E-state index contributed by atoms with van der Waals surface area (Å²) in [6.07, 6.45) is 3.15. The molecule has 1 aromatic heterocycles. The summed E-state index contributed by atoms with van der Waals surface area (Å²) in [5.41, 5.74) is 2.38. The first-order chi connectivity index (χ1) is 8.33. The van der Waals surface area contributed by atoms with E-state index in [1.165, 1.54) is 10.9 Å². The molecule has 2 N–H and O–H groups in total. The van der Waals surface area contributed by atoms with E-state index in [-0.39, 0.29) is 0 Å². The summed E-state index contributed by atoms with van der Waals surface area (Å²) in [5, 5.41) is 5.52. The summed E-state index contributed by atoms with van der Waals surface area (Å²) in [5.74, 6) is 0. The molecule has 0 aliphatic carbocycles. The second kappa shape index (κ2) is 4.69. The molecule has 4 heteroatoms. The number of aromatic amines is 1. The molecule has 3 rings (SSSR count). The molecule has 0 spiro atoms. The van der Waals surface area contributed by atoms with Gasteiger partial charge in [0, 0.05) is 41.3 Å². The maximum atomic E-state index is 5.96. The van der Waals surface area contributed by atoms with Gasteiger partial charge >= 0.3 is 0 Å². The van der Waals surface area contributed by atoms with E-state index < -0.39 is 0 Å². The third kappa shape index (κ3) is 2.32. The van der Waals surface area contributed by atoms with Gasteiger partial charge in [-0.3, -0.25) is 0 Å². The van der Waals surface area contributed by atoms with Crippen LogP contribution in [0.5, 0.6) is 0 Å². The number of aromatic nitrogens is 1. The molecular formula is C13H15ClN2O. The van der Waals surface area contributed by atoms with Crippen LogP contribution in [0.15, 0.2) is 24.4 Å². The SMILES string of the molecule is Clc1ccc2c(CNC3CCOC3)c[nH]c2c1. The molecule has 1 aliphatic heterocycles. The fraction of sp³-hybridized carbons (Fsp3) is 0.385. The largest absolute Gasteiger partial charge is 0.380 e. The number of hydrogen-bond acceptors (Lipinski definition) is 2. The molecule has 0 amide bonds. The van der Waals surface area contributed by atoms with E-state index in [9.17, 15) is 0 Å². The van der Waals surface area contributed by atoms with E-state index >= 15 is 0 Å². The van der Waals surface area contributed by atoms with Crippen LogP contribution in [-0.2, 0) is 11.3 Å². The lowest BCUT2D eigenvalue weighted by Crippen LogP contribution is -2.28. The molecule has 90 valence electrons. The second-order valence-corrected chi connectivity index (χ2v) is 4.88. The lowest BCUT2D eigenvalue weighted by molar-refractivity contribution is 0.190. The Morgan fingerprint density at radius 2 is 2.41 bits per heavy atom. The van der Waals surface area contributed by atoms with Gasteiger partial charge in [-0.2, -0.15) is 0 Å². The van der Waals surface area contributed by atoms with Crippen LogP contribution < -0.4 is 5.32 Å². The Morgan fingerprint density at radius 1 is 1.47 bits per heavy atom. The summed E-state index contributed by atoms with van der Waals surface area (Å²) in [7, 11) is 0. The molecular weight excluding hydrogens is 236 g/mol. The number of hydrogen-bond donors (Lipinski definition) is 2. The van der Waals surface area contributed by atoms with Crippen molar-refractivity contribution in [2.75, 3.05) is 13.2 Å². The van der Waals surface area contributed by atoms with Crippen molar-refractivity contribution < 1.29 is 4.74 Å². The van der Waals surface area contributed by atoms with Crippen molar-refractivity contribution in [2.24, 2.45) is 0 Å². The molecule has 1 saturated heterocycles. The van der Waals surface area contributed by atoms with Crippen molar-refractivity contribution in [1.29, 1.82) is 0 Å². The van der Waals surface area contributed by atoms with Crippen LogP contribution in [0.4, 0.5) is 0 Å². The molecule has 2 heterocycles. The van der Waals surface area contributed by atoms with Gasteiger partial charge in [0.25, 0.3) is 0 Å². The van der Waals surface area contributed by atoms with Gasteiger partial charge in [-0.1, -0.05) is 17.7 Å². The Hall–Kier alpha value is -1.03. The van der Waals surface area contributed by atoms with Crippen LogP contribution in [0.1, 0.15) is 12.0 Å². The molecule has 1 unspecified atom stereocenters. The number of nitrogens with one attached hydrogen (secondary N) is 2. The number of fused-ring (bicyclic) bond motifs is 1. The van der Waals surface area contributed by atoms with E-state index in [0.717, 1.165) is 36.7 Å². The Bertz CT molecular complexity index is 517. The Kier molecular flexibility index (Phi) is 3.05. The minimum absolute atomic E-state index is 0.493. The zero-order chi connectivity index (χ0) is 11.7. The van der Waals surface area contributed by atoms with Gasteiger partial charge in [0.1, 0.15) is 0 Å². The van der Waals surface area contributed by atoms with Gasteiger partial charge in [0.2, 0.25) is 0 Å². The third-order valence-electron chi connectivity index (χ3n) is 3.24. The van der Waals surface area contributed by atoms with Gasteiger partial charge in [-0.05, 0) is 24.1 Å². The van der Waals surface area contributed by atoms with Crippen molar-refractivity contribution >= 4 is 22.5 Å². The van der Waals surface area contributed by atoms with Gasteiger partial charge in [0.05, 0.1) is 6.61 Å². The molecule has 1 aliphatic rings. The molecule has 0 saturated carbocycles. The van der Waals surface area contributed by atoms with E-state index in [0.29, 0.717) is 6.04 Å². The van der Waals surface area contributed by atoms with E-state index in [4.69, 9.17) is 16.3 Å². The van der Waals surface area contributed by atoms with Crippen LogP contribution in [-0.4, -0.2) is 24.2 Å². The fourth-order valence-corrected chi connectivity index (χ4v) is 2.43. The smallest absolute Gasteiger partial charge is 0.0620 e. The second-order valence-electron chi connectivity index (χ2n) is 4.45. The molecule has 2 aromatic rings. The van der Waals surface area contributed by atoms with Crippen LogP contribution >= 0.6 is 11.6 Å². The first-order valence-corrected chi connectivity index (χ1v) is 6.27. The highest BCUT2D eigenvalue weighted by atomic mass is 35.5. The lowest BCUT2D eigenvalue weighted by Gasteiger charge is -2.09. The molecule has 1 fully saturated rings. The highest BCUT2D eigenvalue weighted by Gasteiger charge is 2.15. The Balaban J connectivity index is 1.76. The van der Waals surface area contributed by atoms with Crippen LogP contribution in [0.3, 0.4) is 0 Å². The molecule has 1 aromatic carbocycles. The van der Waals surface area contributed by atoms with E-state index in [2.05, 4.69) is 16.4 Å². The van der Waals surface area contributed by atoms with Gasteiger partial charge in [-0.15, -0.1) is 0 Å².